The van der Waals surface area contributed by atoms with E-state index in [-0.39, 0.29) is 0 Å². The fourth-order valence-corrected chi connectivity index (χ4v) is 2.46. The van der Waals surface area contributed by atoms with Gasteiger partial charge < -0.3 is 14.7 Å². The molecule has 1 saturated heterocycles. The van der Waals surface area contributed by atoms with Crippen molar-refractivity contribution in [2.75, 3.05) is 24.7 Å². The first-order chi connectivity index (χ1) is 9.63. The lowest BCUT2D eigenvalue weighted by molar-refractivity contribution is -0.138. The number of carboxylic acid groups (broad SMARTS) is 1. The molecule has 116 valence electrons. The number of carbonyl (C=O) groups is 1. The van der Waals surface area contributed by atoms with E-state index in [0.717, 1.165) is 12.1 Å². The van der Waals surface area contributed by atoms with E-state index in [0.29, 0.717) is 25.4 Å². The second kappa shape index (κ2) is 5.22. The number of hydrogen-bond acceptors (Lipinski definition) is 3. The van der Waals surface area contributed by atoms with E-state index in [4.69, 9.17) is 9.84 Å². The molecule has 0 aromatic heterocycles. The lowest BCUT2D eigenvalue weighted by atomic mass is 9.99. The number of ether oxygens (including phenoxy) is 1. The highest BCUT2D eigenvalue weighted by molar-refractivity contribution is 5.90. The van der Waals surface area contributed by atoms with Gasteiger partial charge in [0.25, 0.3) is 0 Å². The molecule has 0 saturated carbocycles. The summed E-state index contributed by atoms with van der Waals surface area (Å²) in [5, 5.41) is 8.90. The molecule has 1 aromatic carbocycles. The van der Waals surface area contributed by atoms with Gasteiger partial charge in [-0.05, 0) is 32.0 Å². The number of morpholine rings is 1. The highest BCUT2D eigenvalue weighted by atomic mass is 19.4. The van der Waals surface area contributed by atoms with E-state index in [1.54, 1.807) is 4.90 Å². The molecule has 1 aliphatic rings. The van der Waals surface area contributed by atoms with Gasteiger partial charge in [0.15, 0.2) is 0 Å². The number of carboxylic acids is 1. The van der Waals surface area contributed by atoms with Gasteiger partial charge in [0.05, 0.1) is 29.9 Å². The van der Waals surface area contributed by atoms with Crippen LogP contribution < -0.4 is 4.90 Å². The van der Waals surface area contributed by atoms with E-state index in [9.17, 15) is 18.0 Å². The van der Waals surface area contributed by atoms with Gasteiger partial charge in [-0.2, -0.15) is 13.2 Å². The number of hydrogen-bond donors (Lipinski definition) is 1. The minimum atomic E-state index is -4.71. The Morgan fingerprint density at radius 1 is 1.38 bits per heavy atom. The summed E-state index contributed by atoms with van der Waals surface area (Å²) in [7, 11) is 0. The third-order valence-electron chi connectivity index (χ3n) is 3.50. The molecule has 0 unspecified atom stereocenters. The summed E-state index contributed by atoms with van der Waals surface area (Å²) in [6.07, 6.45) is -4.71. The van der Waals surface area contributed by atoms with Crippen molar-refractivity contribution in [3.8, 4) is 0 Å². The number of halogens is 3. The first-order valence-corrected chi connectivity index (χ1v) is 6.43. The average Bonchev–Trinajstić information content (AvgIpc) is 2.36. The Morgan fingerprint density at radius 2 is 2.05 bits per heavy atom. The molecule has 1 heterocycles. The van der Waals surface area contributed by atoms with Crippen LogP contribution in [0, 0.1) is 0 Å². The van der Waals surface area contributed by atoms with E-state index in [2.05, 4.69) is 0 Å². The summed E-state index contributed by atoms with van der Waals surface area (Å²) in [5.41, 5.74) is -1.97. The Bertz CT molecular complexity index is 555. The van der Waals surface area contributed by atoms with Crippen molar-refractivity contribution < 1.29 is 27.8 Å². The predicted octanol–water partition coefficient (Wildman–Crippen LogP) is 3.02. The second-order valence-electron chi connectivity index (χ2n) is 5.55. The SMILES string of the molecule is CC1(C)COCCN1c1ccc(C(=O)O)c(C(F)(F)F)c1. The lowest BCUT2D eigenvalue weighted by Gasteiger charge is -2.44. The monoisotopic (exact) mass is 303 g/mol. The van der Waals surface area contributed by atoms with E-state index >= 15 is 0 Å². The van der Waals surface area contributed by atoms with Crippen molar-refractivity contribution in [1.29, 1.82) is 0 Å². The van der Waals surface area contributed by atoms with Gasteiger partial charge in [0.1, 0.15) is 0 Å². The largest absolute Gasteiger partial charge is 0.478 e. The van der Waals surface area contributed by atoms with Crippen molar-refractivity contribution in [1.82, 2.24) is 0 Å². The van der Waals surface area contributed by atoms with Crippen molar-refractivity contribution >= 4 is 11.7 Å². The Kier molecular flexibility index (Phi) is 3.88. The summed E-state index contributed by atoms with van der Waals surface area (Å²) in [4.78, 5) is 12.8. The zero-order valence-electron chi connectivity index (χ0n) is 11.7. The third-order valence-corrected chi connectivity index (χ3v) is 3.50. The zero-order valence-corrected chi connectivity index (χ0v) is 11.7. The Labute approximate surface area is 120 Å². The molecule has 2 rings (SSSR count). The van der Waals surface area contributed by atoms with Crippen LogP contribution in [0.4, 0.5) is 18.9 Å². The van der Waals surface area contributed by atoms with Crippen LogP contribution in [0.3, 0.4) is 0 Å². The molecule has 0 amide bonds. The normalized spacial score (nSPS) is 18.6. The zero-order chi connectivity index (χ0) is 15.8. The smallest absolute Gasteiger partial charge is 0.417 e. The first-order valence-electron chi connectivity index (χ1n) is 6.43. The molecule has 1 aromatic rings. The van der Waals surface area contributed by atoms with E-state index < -0.39 is 28.8 Å². The fraction of sp³-hybridized carbons (Fsp3) is 0.500. The maximum atomic E-state index is 13.0. The van der Waals surface area contributed by atoms with Gasteiger partial charge in [0, 0.05) is 12.2 Å². The number of anilines is 1. The molecule has 1 aliphatic heterocycles. The van der Waals surface area contributed by atoms with Crippen molar-refractivity contribution in [2.45, 2.75) is 25.6 Å². The number of aromatic carboxylic acids is 1. The van der Waals surface area contributed by atoms with Crippen LogP contribution in [0.25, 0.3) is 0 Å². The summed E-state index contributed by atoms with van der Waals surface area (Å²) in [6.45, 7) is 5.01. The number of benzene rings is 1. The predicted molar refractivity (Wildman–Crippen MR) is 70.6 cm³/mol. The van der Waals surface area contributed by atoms with Gasteiger partial charge in [-0.1, -0.05) is 0 Å². The molecule has 0 atom stereocenters. The molecule has 1 fully saturated rings. The fourth-order valence-electron chi connectivity index (χ4n) is 2.46. The van der Waals surface area contributed by atoms with Gasteiger partial charge in [-0.3, -0.25) is 0 Å². The molecule has 21 heavy (non-hydrogen) atoms. The van der Waals surface area contributed by atoms with Gasteiger partial charge >= 0.3 is 12.1 Å². The molecule has 0 spiro atoms. The Morgan fingerprint density at radius 3 is 2.57 bits per heavy atom. The van der Waals surface area contributed by atoms with Crippen LogP contribution in [0.1, 0.15) is 29.8 Å². The highest BCUT2D eigenvalue weighted by Crippen LogP contribution is 2.36. The molecule has 0 aliphatic carbocycles. The van der Waals surface area contributed by atoms with Crippen LogP contribution >= 0.6 is 0 Å². The topological polar surface area (TPSA) is 49.8 Å². The van der Waals surface area contributed by atoms with Crippen molar-refractivity contribution in [2.24, 2.45) is 0 Å². The Balaban J connectivity index is 2.49. The van der Waals surface area contributed by atoms with E-state index in [1.165, 1.54) is 6.07 Å². The van der Waals surface area contributed by atoms with Crippen LogP contribution in [-0.4, -0.2) is 36.4 Å². The second-order valence-corrected chi connectivity index (χ2v) is 5.55. The van der Waals surface area contributed by atoms with Gasteiger partial charge in [-0.25, -0.2) is 4.79 Å². The minimum Gasteiger partial charge on any atom is -0.478 e. The standard InChI is InChI=1S/C14H16F3NO3/c1-13(2)8-21-6-5-18(13)9-3-4-10(12(19)20)11(7-9)14(15,16)17/h3-4,7H,5-6,8H2,1-2H3,(H,19,20). The Hall–Kier alpha value is -1.76. The van der Waals surface area contributed by atoms with Crippen LogP contribution in [0.2, 0.25) is 0 Å². The van der Waals surface area contributed by atoms with Crippen LogP contribution in [0.15, 0.2) is 18.2 Å². The maximum absolute atomic E-state index is 13.0. The van der Waals surface area contributed by atoms with Gasteiger partial charge in [-0.15, -0.1) is 0 Å². The average molecular weight is 303 g/mol. The molecule has 4 nitrogen and oxygen atoms in total. The first kappa shape index (κ1) is 15.6. The summed E-state index contributed by atoms with van der Waals surface area (Å²) in [5.74, 6) is -1.59. The molecular formula is C14H16F3NO3. The van der Waals surface area contributed by atoms with Gasteiger partial charge in [0.2, 0.25) is 0 Å². The summed E-state index contributed by atoms with van der Waals surface area (Å²) in [6, 6.07) is 3.31. The van der Waals surface area contributed by atoms with Crippen molar-refractivity contribution in [3.05, 3.63) is 29.3 Å². The minimum absolute atomic E-state index is 0.348. The number of nitrogens with zero attached hydrogens (tertiary/aromatic N) is 1. The molecule has 7 heteroatoms. The van der Waals surface area contributed by atoms with Crippen molar-refractivity contribution in [3.63, 3.8) is 0 Å². The van der Waals surface area contributed by atoms with E-state index in [1.807, 2.05) is 13.8 Å². The maximum Gasteiger partial charge on any atom is 0.417 e. The molecule has 1 N–H and O–H groups in total. The third kappa shape index (κ3) is 3.12. The number of rotatable bonds is 2. The van der Waals surface area contributed by atoms with Crippen LogP contribution in [0.5, 0.6) is 0 Å². The van der Waals surface area contributed by atoms with Crippen LogP contribution in [-0.2, 0) is 10.9 Å². The quantitative estimate of drug-likeness (QED) is 0.912. The molecule has 0 radical (unpaired) electrons. The highest BCUT2D eigenvalue weighted by Gasteiger charge is 2.37. The summed E-state index contributed by atoms with van der Waals surface area (Å²) < 4.78 is 44.5. The number of alkyl halides is 3. The molecular weight excluding hydrogens is 287 g/mol. The lowest BCUT2D eigenvalue weighted by Crippen LogP contribution is -2.53. The summed E-state index contributed by atoms with van der Waals surface area (Å²) >= 11 is 0. The molecule has 0 bridgehead atoms.